The molecular formula is C12H9NO2S. The maximum atomic E-state index is 11.2. The normalized spacial score (nSPS) is 10.0. The van der Waals surface area contributed by atoms with Crippen LogP contribution in [0.3, 0.4) is 0 Å². The van der Waals surface area contributed by atoms with E-state index in [1.807, 2.05) is 24.3 Å². The van der Waals surface area contributed by atoms with Gasteiger partial charge in [0, 0.05) is 16.5 Å². The zero-order valence-electron chi connectivity index (χ0n) is 8.69. The van der Waals surface area contributed by atoms with Gasteiger partial charge >= 0.3 is 5.97 Å². The first-order valence-corrected chi connectivity index (χ1v) is 5.70. The Hall–Kier alpha value is -1.86. The molecule has 4 heteroatoms. The first kappa shape index (κ1) is 10.7. The predicted molar refractivity (Wildman–Crippen MR) is 62.5 cm³/mol. The summed E-state index contributed by atoms with van der Waals surface area (Å²) in [6, 6.07) is 9.60. The van der Waals surface area contributed by atoms with E-state index in [9.17, 15) is 4.79 Å². The van der Waals surface area contributed by atoms with Crippen molar-refractivity contribution in [3.05, 3.63) is 29.8 Å². The van der Waals surface area contributed by atoms with E-state index in [0.29, 0.717) is 17.0 Å². The molecule has 0 aliphatic rings. The number of fused-ring (bicyclic) bond motifs is 1. The standard InChI is InChI=1S/C12H9NO2S/c1-2-11(14)15-12-9(7-13)8-5-3-4-6-10(8)16-12/h3-6H,2H2,1H3. The summed E-state index contributed by atoms with van der Waals surface area (Å²) < 4.78 is 6.08. The van der Waals surface area contributed by atoms with Crippen LogP contribution in [-0.2, 0) is 4.79 Å². The van der Waals surface area contributed by atoms with E-state index in [1.54, 1.807) is 6.92 Å². The number of ether oxygens (including phenoxy) is 1. The van der Waals surface area contributed by atoms with Crippen molar-refractivity contribution in [1.29, 1.82) is 5.26 Å². The molecule has 1 aromatic carbocycles. The minimum Gasteiger partial charge on any atom is -0.414 e. The van der Waals surface area contributed by atoms with Crippen LogP contribution in [-0.4, -0.2) is 5.97 Å². The highest BCUT2D eigenvalue weighted by Gasteiger charge is 2.14. The Kier molecular flexibility index (Phi) is 2.88. The average molecular weight is 231 g/mol. The molecule has 0 aliphatic carbocycles. The fourth-order valence-corrected chi connectivity index (χ4v) is 2.40. The molecule has 0 saturated heterocycles. The van der Waals surface area contributed by atoms with Crippen molar-refractivity contribution < 1.29 is 9.53 Å². The van der Waals surface area contributed by atoms with E-state index < -0.39 is 0 Å². The Morgan fingerprint density at radius 1 is 1.50 bits per heavy atom. The summed E-state index contributed by atoms with van der Waals surface area (Å²) in [5, 5.41) is 10.3. The Morgan fingerprint density at radius 2 is 2.25 bits per heavy atom. The van der Waals surface area contributed by atoms with Crippen molar-refractivity contribution in [3.8, 4) is 11.1 Å². The summed E-state index contributed by atoms with van der Waals surface area (Å²) in [6.45, 7) is 1.72. The van der Waals surface area contributed by atoms with Gasteiger partial charge in [-0.3, -0.25) is 4.79 Å². The largest absolute Gasteiger partial charge is 0.414 e. The fourth-order valence-electron chi connectivity index (χ4n) is 1.38. The van der Waals surface area contributed by atoms with Gasteiger partial charge in [0.1, 0.15) is 11.6 Å². The molecule has 16 heavy (non-hydrogen) atoms. The smallest absolute Gasteiger partial charge is 0.311 e. The molecule has 0 unspecified atom stereocenters. The Bertz CT molecular complexity index is 580. The second-order valence-electron chi connectivity index (χ2n) is 3.20. The zero-order valence-corrected chi connectivity index (χ0v) is 9.50. The molecule has 0 radical (unpaired) electrons. The topological polar surface area (TPSA) is 50.1 Å². The quantitative estimate of drug-likeness (QED) is 0.746. The van der Waals surface area contributed by atoms with Gasteiger partial charge in [0.25, 0.3) is 0 Å². The predicted octanol–water partition coefficient (Wildman–Crippen LogP) is 3.09. The lowest BCUT2D eigenvalue weighted by molar-refractivity contribution is -0.133. The molecule has 3 nitrogen and oxygen atoms in total. The molecule has 80 valence electrons. The van der Waals surface area contributed by atoms with Crippen molar-refractivity contribution in [1.82, 2.24) is 0 Å². The lowest BCUT2D eigenvalue weighted by Gasteiger charge is -1.98. The molecule has 2 rings (SSSR count). The molecular weight excluding hydrogens is 222 g/mol. The molecule has 0 amide bonds. The van der Waals surface area contributed by atoms with E-state index in [1.165, 1.54) is 11.3 Å². The van der Waals surface area contributed by atoms with Gasteiger partial charge < -0.3 is 4.74 Å². The Balaban J connectivity index is 2.53. The van der Waals surface area contributed by atoms with Gasteiger partial charge in [0.2, 0.25) is 5.06 Å². The number of nitrogens with zero attached hydrogens (tertiary/aromatic N) is 1. The van der Waals surface area contributed by atoms with E-state index >= 15 is 0 Å². The summed E-state index contributed by atoms with van der Waals surface area (Å²) in [4.78, 5) is 11.2. The van der Waals surface area contributed by atoms with E-state index in [0.717, 1.165) is 10.1 Å². The molecule has 0 atom stereocenters. The number of rotatable bonds is 2. The van der Waals surface area contributed by atoms with Gasteiger partial charge in [0.05, 0.1) is 0 Å². The summed E-state index contributed by atoms with van der Waals surface area (Å²) in [6.07, 6.45) is 0.305. The van der Waals surface area contributed by atoms with Gasteiger partial charge in [-0.1, -0.05) is 36.5 Å². The second-order valence-corrected chi connectivity index (χ2v) is 4.21. The maximum Gasteiger partial charge on any atom is 0.311 e. The molecule has 1 aromatic heterocycles. The third-order valence-electron chi connectivity index (χ3n) is 2.17. The number of hydrogen-bond acceptors (Lipinski definition) is 4. The highest BCUT2D eigenvalue weighted by atomic mass is 32.1. The van der Waals surface area contributed by atoms with Crippen molar-refractivity contribution >= 4 is 27.4 Å². The maximum absolute atomic E-state index is 11.2. The van der Waals surface area contributed by atoms with Crippen LogP contribution in [0, 0.1) is 11.3 Å². The molecule has 0 N–H and O–H groups in total. The van der Waals surface area contributed by atoms with Crippen LogP contribution >= 0.6 is 11.3 Å². The van der Waals surface area contributed by atoms with Crippen LogP contribution in [0.2, 0.25) is 0 Å². The van der Waals surface area contributed by atoms with Crippen LogP contribution < -0.4 is 4.74 Å². The Morgan fingerprint density at radius 3 is 2.94 bits per heavy atom. The monoisotopic (exact) mass is 231 g/mol. The van der Waals surface area contributed by atoms with Crippen molar-refractivity contribution in [3.63, 3.8) is 0 Å². The van der Waals surface area contributed by atoms with Gasteiger partial charge in [-0.2, -0.15) is 5.26 Å². The van der Waals surface area contributed by atoms with E-state index in [-0.39, 0.29) is 5.97 Å². The van der Waals surface area contributed by atoms with E-state index in [4.69, 9.17) is 10.00 Å². The molecule has 0 fully saturated rings. The summed E-state index contributed by atoms with van der Waals surface area (Å²) >= 11 is 1.33. The summed E-state index contributed by atoms with van der Waals surface area (Å²) in [5.74, 6) is -0.317. The van der Waals surface area contributed by atoms with Crippen molar-refractivity contribution in [2.45, 2.75) is 13.3 Å². The molecule has 0 aliphatic heterocycles. The van der Waals surface area contributed by atoms with Crippen LogP contribution in [0.25, 0.3) is 10.1 Å². The van der Waals surface area contributed by atoms with Crippen LogP contribution in [0.5, 0.6) is 5.06 Å². The lowest BCUT2D eigenvalue weighted by Crippen LogP contribution is -2.04. The molecule has 0 spiro atoms. The van der Waals surface area contributed by atoms with E-state index in [2.05, 4.69) is 6.07 Å². The lowest BCUT2D eigenvalue weighted by atomic mass is 10.2. The van der Waals surface area contributed by atoms with Crippen LogP contribution in [0.4, 0.5) is 0 Å². The third kappa shape index (κ3) is 1.77. The highest BCUT2D eigenvalue weighted by molar-refractivity contribution is 7.21. The number of thiophene rings is 1. The molecule has 0 bridgehead atoms. The third-order valence-corrected chi connectivity index (χ3v) is 3.22. The Labute approximate surface area is 96.9 Å². The van der Waals surface area contributed by atoms with Crippen molar-refractivity contribution in [2.24, 2.45) is 0 Å². The second kappa shape index (κ2) is 4.33. The van der Waals surface area contributed by atoms with Gasteiger partial charge in [-0.25, -0.2) is 0 Å². The van der Waals surface area contributed by atoms with Crippen molar-refractivity contribution in [2.75, 3.05) is 0 Å². The molecule has 2 aromatic rings. The highest BCUT2D eigenvalue weighted by Crippen LogP contribution is 2.36. The van der Waals surface area contributed by atoms with Gasteiger partial charge in [-0.15, -0.1) is 0 Å². The molecule has 0 saturated carbocycles. The first-order chi connectivity index (χ1) is 7.76. The number of benzene rings is 1. The van der Waals surface area contributed by atoms with Gasteiger partial charge in [0.15, 0.2) is 0 Å². The fraction of sp³-hybridized carbons (Fsp3) is 0.167. The number of hydrogen-bond donors (Lipinski definition) is 0. The first-order valence-electron chi connectivity index (χ1n) is 4.88. The minimum atomic E-state index is -0.317. The van der Waals surface area contributed by atoms with Gasteiger partial charge in [-0.05, 0) is 6.07 Å². The zero-order chi connectivity index (χ0) is 11.5. The van der Waals surface area contributed by atoms with Crippen LogP contribution in [0.1, 0.15) is 18.9 Å². The number of nitriles is 1. The number of carbonyl (C=O) groups is 1. The summed E-state index contributed by atoms with van der Waals surface area (Å²) in [7, 11) is 0. The SMILES string of the molecule is CCC(=O)Oc1sc2ccccc2c1C#N. The summed E-state index contributed by atoms with van der Waals surface area (Å²) in [5.41, 5.74) is 0.447. The minimum absolute atomic E-state index is 0.305. The number of carbonyl (C=O) groups excluding carboxylic acids is 1. The average Bonchev–Trinajstić information content (AvgIpc) is 2.65. The van der Waals surface area contributed by atoms with Crippen LogP contribution in [0.15, 0.2) is 24.3 Å². The number of esters is 1. The molecule has 1 heterocycles.